The summed E-state index contributed by atoms with van der Waals surface area (Å²) in [6.45, 7) is 7.75. The van der Waals surface area contributed by atoms with Crippen LogP contribution in [0.1, 0.15) is 45.2 Å². The number of piperidine rings is 1. The van der Waals surface area contributed by atoms with E-state index in [9.17, 15) is 14.1 Å². The Hall–Kier alpha value is -1.22. The number of benzene rings is 2. The molecule has 1 heterocycles. The zero-order valence-corrected chi connectivity index (χ0v) is 24.6. The average molecular weight is 676 g/mol. The second-order valence-electron chi connectivity index (χ2n) is 7.69. The SMILES string of the molecule is CC.[CH2-]NC(=O)CNC(=O)CN(C1CCN(C(C)c2cccc3ccccc23)CC1)S(O)=S.[W]. The van der Waals surface area contributed by atoms with Gasteiger partial charge in [-0.1, -0.05) is 56.3 Å². The van der Waals surface area contributed by atoms with Gasteiger partial charge in [0.15, 0.2) is 0 Å². The number of hydrogen-bond acceptors (Lipinski definition) is 4. The zero-order chi connectivity index (χ0) is 24.4. The number of amides is 2. The summed E-state index contributed by atoms with van der Waals surface area (Å²) in [7, 11) is 1.83. The maximum Gasteiger partial charge on any atom is 0.235 e. The van der Waals surface area contributed by atoms with Crippen LogP contribution in [0, 0.1) is 7.05 Å². The van der Waals surface area contributed by atoms with Gasteiger partial charge in [-0.3, -0.25) is 21.5 Å². The number of nitrogens with zero attached hydrogens (tertiary/aromatic N) is 2. The molecule has 10 heteroatoms. The molecule has 3 rings (SSSR count). The maximum absolute atomic E-state index is 12.2. The average Bonchev–Trinajstić information content (AvgIpc) is 2.86. The summed E-state index contributed by atoms with van der Waals surface area (Å²) in [6.07, 6.45) is 1.62. The van der Waals surface area contributed by atoms with Crippen LogP contribution >= 0.6 is 0 Å². The summed E-state index contributed by atoms with van der Waals surface area (Å²) < 4.78 is 11.8. The van der Waals surface area contributed by atoms with Crippen LogP contribution < -0.4 is 10.6 Å². The largest absolute Gasteiger partial charge is 0.507 e. The number of carbonyl (C=O) groups is 2. The molecule has 0 aliphatic carbocycles. The van der Waals surface area contributed by atoms with Gasteiger partial charge in [-0.15, -0.1) is 0 Å². The molecule has 1 aliphatic rings. The third-order valence-corrected chi connectivity index (χ3v) is 7.27. The van der Waals surface area contributed by atoms with E-state index in [1.54, 1.807) is 4.31 Å². The molecule has 34 heavy (non-hydrogen) atoms. The molecular weight excluding hydrogens is 640 g/mol. The number of rotatable bonds is 8. The normalized spacial score (nSPS) is 16.1. The number of fused-ring (bicyclic) bond motifs is 1. The fraction of sp³-hybridized carbons (Fsp3) is 0.458. The second-order valence-corrected chi connectivity index (χ2v) is 9.52. The van der Waals surface area contributed by atoms with Crippen LogP contribution in [0.25, 0.3) is 10.8 Å². The molecule has 3 N–H and O–H groups in total. The first kappa shape index (κ1) is 30.8. The molecule has 7 nitrogen and oxygen atoms in total. The number of carbonyl (C=O) groups excluding carboxylic acids is 2. The first-order valence-electron chi connectivity index (χ1n) is 11.3. The Morgan fingerprint density at radius 2 is 1.79 bits per heavy atom. The van der Waals surface area contributed by atoms with Crippen LogP contribution in [0.3, 0.4) is 0 Å². The van der Waals surface area contributed by atoms with Crippen LogP contribution in [0.5, 0.6) is 0 Å². The van der Waals surface area contributed by atoms with E-state index in [1.165, 1.54) is 16.3 Å². The van der Waals surface area contributed by atoms with Gasteiger partial charge in [0, 0.05) is 46.2 Å². The number of hydrogen-bond donors (Lipinski definition) is 3. The van der Waals surface area contributed by atoms with Gasteiger partial charge in [0.25, 0.3) is 0 Å². The number of nitrogens with one attached hydrogen (secondary N) is 2. The fourth-order valence-corrected chi connectivity index (χ4v) is 5.34. The molecule has 1 aliphatic heterocycles. The summed E-state index contributed by atoms with van der Waals surface area (Å²) in [4.78, 5) is 25.9. The van der Waals surface area contributed by atoms with Gasteiger partial charge in [0.2, 0.25) is 11.8 Å². The van der Waals surface area contributed by atoms with Crippen molar-refractivity contribution in [3.05, 3.63) is 55.1 Å². The molecule has 0 spiro atoms. The molecule has 1 saturated heterocycles. The minimum atomic E-state index is -1.44. The Balaban J connectivity index is 0.00000188. The van der Waals surface area contributed by atoms with E-state index in [0.29, 0.717) is 0 Å². The first-order chi connectivity index (χ1) is 15.9. The van der Waals surface area contributed by atoms with Crippen LogP contribution in [-0.4, -0.2) is 57.8 Å². The zero-order valence-electron chi connectivity index (χ0n) is 20.0. The van der Waals surface area contributed by atoms with Crippen LogP contribution in [-0.2, 0) is 51.8 Å². The van der Waals surface area contributed by atoms with E-state index in [1.807, 2.05) is 13.8 Å². The van der Waals surface area contributed by atoms with Crippen LogP contribution in [0.15, 0.2) is 42.5 Å². The van der Waals surface area contributed by atoms with E-state index >= 15 is 0 Å². The Kier molecular flexibility index (Phi) is 14.2. The standard InChI is InChI=1S/C22H29N4O3S2.C2H6.W/c1-16(19-9-5-7-17-6-3-4-8-20(17)19)25-12-10-18(11-13-25)26(31(29)30)15-22(28)24-14-21(27)23-2;1-2;/h3-9,16,18H,2,10-15H2,1H3,(H,23,27)(H,24,28)(H,29,30);1-2H3;/q-1;;. The molecule has 2 atom stereocenters. The molecule has 1 fully saturated rings. The molecule has 0 saturated carbocycles. The Labute approximate surface area is 224 Å². The van der Waals surface area contributed by atoms with E-state index in [-0.39, 0.29) is 58.1 Å². The minimum absolute atomic E-state index is 0. The van der Waals surface area contributed by atoms with Crippen molar-refractivity contribution < 1.29 is 35.2 Å². The van der Waals surface area contributed by atoms with Crippen molar-refractivity contribution in [2.45, 2.75) is 45.7 Å². The quantitative estimate of drug-likeness (QED) is 0.373. The van der Waals surface area contributed by atoms with Crippen molar-refractivity contribution in [2.24, 2.45) is 0 Å². The monoisotopic (exact) mass is 675 g/mol. The summed E-state index contributed by atoms with van der Waals surface area (Å²) in [6, 6.07) is 15.1. The topological polar surface area (TPSA) is 84.9 Å². The summed E-state index contributed by atoms with van der Waals surface area (Å²) in [5.41, 5.74) is 1.31. The van der Waals surface area contributed by atoms with Crippen molar-refractivity contribution >= 4 is 43.7 Å². The number of likely N-dealkylation sites (tertiary alicyclic amines) is 1. The van der Waals surface area contributed by atoms with Crippen molar-refractivity contribution in [3.63, 3.8) is 0 Å². The van der Waals surface area contributed by atoms with Crippen LogP contribution in [0.4, 0.5) is 0 Å². The van der Waals surface area contributed by atoms with Gasteiger partial charge in [-0.05, 0) is 47.3 Å². The molecule has 0 aromatic heterocycles. The molecular formula is C24H35N4O3S2W-. The van der Waals surface area contributed by atoms with E-state index in [2.05, 4.69) is 72.0 Å². The molecule has 2 amide bonds. The van der Waals surface area contributed by atoms with E-state index in [0.717, 1.165) is 25.9 Å². The van der Waals surface area contributed by atoms with Gasteiger partial charge in [0.05, 0.1) is 23.0 Å². The molecule has 2 unspecified atom stereocenters. The Morgan fingerprint density at radius 3 is 2.41 bits per heavy atom. The van der Waals surface area contributed by atoms with Crippen molar-refractivity contribution in [2.75, 3.05) is 26.2 Å². The third kappa shape index (κ3) is 8.47. The molecule has 188 valence electrons. The van der Waals surface area contributed by atoms with Gasteiger partial charge in [-0.2, -0.15) is 0 Å². The summed E-state index contributed by atoms with van der Waals surface area (Å²) in [5, 5.41) is 7.24. The molecule has 2 aromatic rings. The van der Waals surface area contributed by atoms with Crippen molar-refractivity contribution in [3.8, 4) is 0 Å². The van der Waals surface area contributed by atoms with Gasteiger partial charge < -0.3 is 15.2 Å². The van der Waals surface area contributed by atoms with Gasteiger partial charge >= 0.3 is 0 Å². The predicted octanol–water partition coefficient (Wildman–Crippen LogP) is 3.18. The third-order valence-electron chi connectivity index (χ3n) is 5.87. The second kappa shape index (κ2) is 15.7. The Morgan fingerprint density at radius 1 is 1.18 bits per heavy atom. The Bertz CT molecular complexity index is 949. The smallest absolute Gasteiger partial charge is 0.235 e. The van der Waals surface area contributed by atoms with Crippen molar-refractivity contribution in [1.82, 2.24) is 19.8 Å². The van der Waals surface area contributed by atoms with Gasteiger partial charge in [0.1, 0.15) is 0 Å². The fourth-order valence-electron chi connectivity index (χ4n) is 4.12. The van der Waals surface area contributed by atoms with E-state index in [4.69, 9.17) is 11.2 Å². The predicted molar refractivity (Wildman–Crippen MR) is 139 cm³/mol. The van der Waals surface area contributed by atoms with Crippen molar-refractivity contribution in [1.29, 1.82) is 0 Å². The van der Waals surface area contributed by atoms with E-state index < -0.39 is 9.92 Å². The van der Waals surface area contributed by atoms with Crippen LogP contribution in [0.2, 0.25) is 0 Å². The summed E-state index contributed by atoms with van der Waals surface area (Å²) in [5.74, 6) is -0.719. The minimum Gasteiger partial charge on any atom is -0.507 e. The molecule has 0 radical (unpaired) electrons. The summed E-state index contributed by atoms with van der Waals surface area (Å²) >= 11 is 5.09. The maximum atomic E-state index is 12.2. The first-order valence-corrected chi connectivity index (χ1v) is 13.4. The molecule has 2 aromatic carbocycles. The van der Waals surface area contributed by atoms with Gasteiger partial charge in [-0.25, -0.2) is 4.31 Å². The molecule has 0 bridgehead atoms.